The van der Waals surface area contributed by atoms with Crippen LogP contribution in [-0.2, 0) is 11.4 Å². The molecule has 1 N–H and O–H groups in total. The second kappa shape index (κ2) is 7.58. The Hall–Kier alpha value is -2.57. The van der Waals surface area contributed by atoms with E-state index in [-0.39, 0.29) is 11.1 Å². The molecule has 3 aromatic carbocycles. The van der Waals surface area contributed by atoms with Crippen LogP contribution in [-0.4, -0.2) is 11.1 Å². The Morgan fingerprint density at radius 1 is 1.04 bits per heavy atom. The van der Waals surface area contributed by atoms with Gasteiger partial charge in [-0.05, 0) is 52.4 Å². The minimum Gasteiger partial charge on any atom is -0.488 e. The number of carbonyl (C=O) groups is 2. The molecule has 0 aromatic heterocycles. The topological polar surface area (TPSA) is 55.4 Å². The van der Waals surface area contributed by atoms with Crippen LogP contribution in [0.25, 0.3) is 16.8 Å². The highest BCUT2D eigenvalue weighted by atomic mass is 79.9. The van der Waals surface area contributed by atoms with E-state index >= 15 is 0 Å². The zero-order chi connectivity index (χ0) is 18.8. The summed E-state index contributed by atoms with van der Waals surface area (Å²) in [6.07, 6.45) is 1.67. The molecule has 6 heteroatoms. The van der Waals surface area contributed by atoms with E-state index in [0.717, 1.165) is 38.1 Å². The predicted octanol–water partition coefficient (Wildman–Crippen LogP) is 5.51. The summed E-state index contributed by atoms with van der Waals surface area (Å²) in [4.78, 5) is 23.6. The fourth-order valence-electron chi connectivity index (χ4n) is 2.90. The number of thioether (sulfide) groups is 1. The van der Waals surface area contributed by atoms with Gasteiger partial charge in [0.25, 0.3) is 11.1 Å². The average molecular weight is 440 g/mol. The van der Waals surface area contributed by atoms with Gasteiger partial charge in [-0.1, -0.05) is 58.4 Å². The molecule has 134 valence electrons. The van der Waals surface area contributed by atoms with Gasteiger partial charge in [-0.2, -0.15) is 0 Å². The lowest BCUT2D eigenvalue weighted by Crippen LogP contribution is -2.17. The van der Waals surface area contributed by atoms with E-state index in [1.54, 1.807) is 6.08 Å². The summed E-state index contributed by atoms with van der Waals surface area (Å²) >= 11 is 4.33. The number of halogens is 1. The minimum atomic E-state index is -0.384. The normalized spacial score (nSPS) is 15.4. The maximum Gasteiger partial charge on any atom is 0.290 e. The van der Waals surface area contributed by atoms with Gasteiger partial charge in [0.05, 0.1) is 4.91 Å². The van der Waals surface area contributed by atoms with Crippen LogP contribution in [0.2, 0.25) is 0 Å². The van der Waals surface area contributed by atoms with Gasteiger partial charge in [-0.3, -0.25) is 14.9 Å². The maximum atomic E-state index is 11.8. The van der Waals surface area contributed by atoms with Gasteiger partial charge in [-0.25, -0.2) is 0 Å². The molecule has 1 aliphatic heterocycles. The molecule has 0 spiro atoms. The summed E-state index contributed by atoms with van der Waals surface area (Å²) in [5.41, 5.74) is 1.81. The van der Waals surface area contributed by atoms with Crippen LogP contribution >= 0.6 is 27.7 Å². The standard InChI is InChI=1S/C21H14BrNO3S/c22-16-8-9-18(15(10-16)11-19-20(24)23-21(25)27-19)26-12-14-6-3-5-13-4-1-2-7-17(13)14/h1-11H,12H2,(H,23,24,25)/b19-11-. The second-order valence-corrected chi connectivity index (χ2v) is 7.89. The molecule has 1 fully saturated rings. The molecule has 0 atom stereocenters. The number of benzene rings is 3. The molecular weight excluding hydrogens is 426 g/mol. The Kier molecular flexibility index (Phi) is 5.01. The number of hydrogen-bond acceptors (Lipinski definition) is 4. The monoisotopic (exact) mass is 439 g/mol. The molecule has 2 amide bonds. The van der Waals surface area contributed by atoms with Crippen molar-refractivity contribution < 1.29 is 14.3 Å². The first-order valence-electron chi connectivity index (χ1n) is 8.24. The van der Waals surface area contributed by atoms with Crippen molar-refractivity contribution in [2.45, 2.75) is 6.61 Å². The molecule has 0 aliphatic carbocycles. The van der Waals surface area contributed by atoms with E-state index in [1.807, 2.05) is 42.5 Å². The summed E-state index contributed by atoms with van der Waals surface area (Å²) in [6.45, 7) is 0.400. The zero-order valence-electron chi connectivity index (χ0n) is 14.1. The van der Waals surface area contributed by atoms with Crippen molar-refractivity contribution in [2.75, 3.05) is 0 Å². The molecule has 0 bridgehead atoms. The van der Waals surface area contributed by atoms with Crippen LogP contribution in [0, 0.1) is 0 Å². The number of hydrogen-bond donors (Lipinski definition) is 1. The fourth-order valence-corrected chi connectivity index (χ4v) is 3.95. The third-order valence-electron chi connectivity index (χ3n) is 4.16. The van der Waals surface area contributed by atoms with E-state index in [9.17, 15) is 9.59 Å². The fraction of sp³-hybridized carbons (Fsp3) is 0.0476. The van der Waals surface area contributed by atoms with Crippen molar-refractivity contribution in [2.24, 2.45) is 0 Å². The summed E-state index contributed by atoms with van der Waals surface area (Å²) in [7, 11) is 0. The van der Waals surface area contributed by atoms with Gasteiger partial charge in [0, 0.05) is 10.0 Å². The molecule has 4 nitrogen and oxygen atoms in total. The molecule has 3 aromatic rings. The molecule has 1 aliphatic rings. The highest BCUT2D eigenvalue weighted by Gasteiger charge is 2.25. The van der Waals surface area contributed by atoms with Crippen molar-refractivity contribution in [3.05, 3.63) is 81.2 Å². The van der Waals surface area contributed by atoms with Gasteiger partial charge in [0.1, 0.15) is 12.4 Å². The number of imide groups is 1. The summed E-state index contributed by atoms with van der Waals surface area (Å²) in [5, 5.41) is 4.21. The van der Waals surface area contributed by atoms with Crippen LogP contribution in [0.5, 0.6) is 5.75 Å². The van der Waals surface area contributed by atoms with Crippen LogP contribution < -0.4 is 10.1 Å². The Morgan fingerprint density at radius 2 is 1.85 bits per heavy atom. The molecule has 1 saturated heterocycles. The lowest BCUT2D eigenvalue weighted by molar-refractivity contribution is -0.115. The lowest BCUT2D eigenvalue weighted by Gasteiger charge is -2.12. The van der Waals surface area contributed by atoms with Gasteiger partial charge in [0.2, 0.25) is 0 Å². The van der Waals surface area contributed by atoms with Gasteiger partial charge >= 0.3 is 0 Å². The number of fused-ring (bicyclic) bond motifs is 1. The molecule has 0 unspecified atom stereocenters. The number of amides is 2. The third-order valence-corrected chi connectivity index (χ3v) is 5.47. The lowest BCUT2D eigenvalue weighted by atomic mass is 10.1. The predicted molar refractivity (Wildman–Crippen MR) is 112 cm³/mol. The largest absolute Gasteiger partial charge is 0.488 e. The second-order valence-electron chi connectivity index (χ2n) is 5.96. The van der Waals surface area contributed by atoms with Gasteiger partial charge in [0.15, 0.2) is 0 Å². The zero-order valence-corrected chi connectivity index (χ0v) is 16.5. The summed E-state index contributed by atoms with van der Waals surface area (Å²) < 4.78 is 6.93. The smallest absolute Gasteiger partial charge is 0.290 e. The number of ether oxygens (including phenoxy) is 1. The van der Waals surface area contributed by atoms with Crippen molar-refractivity contribution in [3.63, 3.8) is 0 Å². The van der Waals surface area contributed by atoms with E-state index in [1.165, 1.54) is 0 Å². The molecule has 0 saturated carbocycles. The first kappa shape index (κ1) is 17.8. The SMILES string of the molecule is O=C1NC(=O)/C(=C/c2cc(Br)ccc2OCc2cccc3ccccc23)S1. The van der Waals surface area contributed by atoms with Gasteiger partial charge < -0.3 is 4.74 Å². The first-order valence-corrected chi connectivity index (χ1v) is 9.85. The first-order chi connectivity index (χ1) is 13.1. The Labute approximate surface area is 168 Å². The van der Waals surface area contributed by atoms with Crippen LogP contribution in [0.15, 0.2) is 70.0 Å². The Morgan fingerprint density at radius 3 is 2.67 bits per heavy atom. The van der Waals surface area contributed by atoms with Crippen LogP contribution in [0.1, 0.15) is 11.1 Å². The molecule has 0 radical (unpaired) electrons. The average Bonchev–Trinajstić information content (AvgIpc) is 2.98. The van der Waals surface area contributed by atoms with Crippen molar-refractivity contribution in [3.8, 4) is 5.75 Å². The Bertz CT molecular complexity index is 1090. The molecular formula is C21H14BrNO3S. The van der Waals surface area contributed by atoms with E-state index in [0.29, 0.717) is 17.3 Å². The van der Waals surface area contributed by atoms with E-state index < -0.39 is 0 Å². The summed E-state index contributed by atoms with van der Waals surface area (Å²) in [6, 6.07) is 19.9. The minimum absolute atomic E-state index is 0.355. The highest BCUT2D eigenvalue weighted by molar-refractivity contribution is 9.10. The van der Waals surface area contributed by atoms with E-state index in [4.69, 9.17) is 4.74 Å². The molecule has 1 heterocycles. The van der Waals surface area contributed by atoms with Crippen molar-refractivity contribution in [1.82, 2.24) is 5.32 Å². The molecule has 27 heavy (non-hydrogen) atoms. The van der Waals surface area contributed by atoms with Gasteiger partial charge in [-0.15, -0.1) is 0 Å². The highest BCUT2D eigenvalue weighted by Crippen LogP contribution is 2.31. The third kappa shape index (κ3) is 3.91. The van der Waals surface area contributed by atoms with Crippen LogP contribution in [0.3, 0.4) is 0 Å². The Balaban J connectivity index is 1.64. The summed E-state index contributed by atoms with van der Waals surface area (Å²) in [5.74, 6) is 0.261. The number of rotatable bonds is 4. The number of nitrogens with one attached hydrogen (secondary N) is 1. The van der Waals surface area contributed by atoms with Crippen LogP contribution in [0.4, 0.5) is 4.79 Å². The number of carbonyl (C=O) groups excluding carboxylic acids is 2. The van der Waals surface area contributed by atoms with Crippen molar-refractivity contribution in [1.29, 1.82) is 0 Å². The van der Waals surface area contributed by atoms with Crippen molar-refractivity contribution >= 4 is 55.7 Å². The quantitative estimate of drug-likeness (QED) is 0.544. The maximum absolute atomic E-state index is 11.8. The van der Waals surface area contributed by atoms with E-state index in [2.05, 4.69) is 39.4 Å². The molecule has 4 rings (SSSR count).